The van der Waals surface area contributed by atoms with Gasteiger partial charge in [0.1, 0.15) is 0 Å². The van der Waals surface area contributed by atoms with E-state index in [9.17, 15) is 4.79 Å². The summed E-state index contributed by atoms with van der Waals surface area (Å²) >= 11 is 0. The summed E-state index contributed by atoms with van der Waals surface area (Å²) in [4.78, 5) is 12.1. The van der Waals surface area contributed by atoms with Crippen LogP contribution in [0.4, 0.5) is 0 Å². The molecule has 1 rings (SSSR count). The van der Waals surface area contributed by atoms with Gasteiger partial charge < -0.3 is 5.11 Å². The van der Waals surface area contributed by atoms with Crippen LogP contribution >= 0.6 is 0 Å². The van der Waals surface area contributed by atoms with E-state index in [0.717, 1.165) is 17.2 Å². The molecule has 0 saturated heterocycles. The predicted octanol–water partition coefficient (Wildman–Crippen LogP) is 1.63. The van der Waals surface area contributed by atoms with Crippen molar-refractivity contribution in [2.75, 3.05) is 13.1 Å². The van der Waals surface area contributed by atoms with Crippen molar-refractivity contribution in [3.05, 3.63) is 41.5 Å². The molecule has 0 unspecified atom stereocenters. The summed E-state index contributed by atoms with van der Waals surface area (Å²) in [7, 11) is 0. The zero-order valence-corrected chi connectivity index (χ0v) is 10.3. The van der Waals surface area contributed by atoms with E-state index in [-0.39, 0.29) is 13.1 Å². The Kier molecular flexibility index (Phi) is 5.81. The minimum absolute atomic E-state index is 0.183. The number of nitriles is 2. The zero-order chi connectivity index (χ0) is 14.1. The van der Waals surface area contributed by atoms with Crippen molar-refractivity contribution in [2.24, 2.45) is 0 Å². The second-order valence-electron chi connectivity index (χ2n) is 3.88. The van der Waals surface area contributed by atoms with Crippen LogP contribution in [0, 0.1) is 22.7 Å². The van der Waals surface area contributed by atoms with Gasteiger partial charge in [-0.25, -0.2) is 4.79 Å². The molecule has 0 atom stereocenters. The average molecular weight is 255 g/mol. The minimum Gasteiger partial charge on any atom is -0.478 e. The van der Waals surface area contributed by atoms with E-state index in [1.165, 1.54) is 6.08 Å². The molecule has 0 saturated carbocycles. The SMILES string of the molecule is N#CCN(CC#N)Cc1cccc(C=CC(=O)O)c1. The van der Waals surface area contributed by atoms with Crippen LogP contribution in [0.25, 0.3) is 6.08 Å². The summed E-state index contributed by atoms with van der Waals surface area (Å²) in [5, 5.41) is 25.9. The second-order valence-corrected chi connectivity index (χ2v) is 3.88. The van der Waals surface area contributed by atoms with Gasteiger partial charge in [-0.05, 0) is 17.2 Å². The van der Waals surface area contributed by atoms with Crippen LogP contribution in [0.1, 0.15) is 11.1 Å². The fraction of sp³-hybridized carbons (Fsp3) is 0.214. The van der Waals surface area contributed by atoms with Gasteiger partial charge in [-0.3, -0.25) is 4.90 Å². The molecule has 0 aliphatic rings. The molecule has 0 aliphatic heterocycles. The quantitative estimate of drug-likeness (QED) is 0.616. The van der Waals surface area contributed by atoms with Crippen LogP contribution < -0.4 is 0 Å². The Morgan fingerprint density at radius 1 is 1.32 bits per heavy atom. The highest BCUT2D eigenvalue weighted by molar-refractivity contribution is 5.85. The second kappa shape index (κ2) is 7.65. The molecule has 1 aromatic rings. The normalized spacial score (nSPS) is 10.3. The first-order chi connectivity index (χ1) is 9.15. The number of hydrogen-bond donors (Lipinski definition) is 1. The highest BCUT2D eigenvalue weighted by Crippen LogP contribution is 2.09. The highest BCUT2D eigenvalue weighted by Gasteiger charge is 2.04. The lowest BCUT2D eigenvalue weighted by atomic mass is 10.1. The van der Waals surface area contributed by atoms with E-state index < -0.39 is 5.97 Å². The van der Waals surface area contributed by atoms with Gasteiger partial charge in [-0.1, -0.05) is 24.3 Å². The molecule has 0 fully saturated rings. The summed E-state index contributed by atoms with van der Waals surface area (Å²) < 4.78 is 0. The Hall–Kier alpha value is -2.63. The maximum absolute atomic E-state index is 10.4. The van der Waals surface area contributed by atoms with E-state index in [2.05, 4.69) is 0 Å². The number of benzene rings is 1. The Bertz CT molecular complexity index is 537. The Labute approximate surface area is 111 Å². The van der Waals surface area contributed by atoms with Gasteiger partial charge >= 0.3 is 5.97 Å². The smallest absolute Gasteiger partial charge is 0.328 e. The van der Waals surface area contributed by atoms with Crippen LogP contribution in [-0.2, 0) is 11.3 Å². The molecular formula is C14H13N3O2. The lowest BCUT2D eigenvalue weighted by molar-refractivity contribution is -0.131. The van der Waals surface area contributed by atoms with Crippen molar-refractivity contribution in [1.82, 2.24) is 4.90 Å². The third-order valence-corrected chi connectivity index (χ3v) is 2.36. The van der Waals surface area contributed by atoms with E-state index in [1.54, 1.807) is 11.0 Å². The van der Waals surface area contributed by atoms with Crippen LogP contribution in [0.5, 0.6) is 0 Å². The monoisotopic (exact) mass is 255 g/mol. The Balaban J connectivity index is 2.79. The topological polar surface area (TPSA) is 88.1 Å². The van der Waals surface area contributed by atoms with E-state index in [4.69, 9.17) is 15.6 Å². The number of rotatable bonds is 6. The van der Waals surface area contributed by atoms with Gasteiger partial charge in [-0.15, -0.1) is 0 Å². The van der Waals surface area contributed by atoms with E-state index in [0.29, 0.717) is 6.54 Å². The molecule has 1 aromatic carbocycles. The molecule has 0 aliphatic carbocycles. The number of nitrogens with zero attached hydrogens (tertiary/aromatic N) is 3. The fourth-order valence-electron chi connectivity index (χ4n) is 1.59. The molecule has 96 valence electrons. The first kappa shape index (κ1) is 14.4. The molecule has 19 heavy (non-hydrogen) atoms. The van der Waals surface area contributed by atoms with Crippen LogP contribution in [0.15, 0.2) is 30.3 Å². The Morgan fingerprint density at radius 3 is 2.58 bits per heavy atom. The van der Waals surface area contributed by atoms with E-state index >= 15 is 0 Å². The summed E-state index contributed by atoms with van der Waals surface area (Å²) in [6, 6.07) is 11.3. The molecular weight excluding hydrogens is 242 g/mol. The van der Waals surface area contributed by atoms with E-state index in [1.807, 2.05) is 30.3 Å². The van der Waals surface area contributed by atoms with Crippen LogP contribution in [0.3, 0.4) is 0 Å². The molecule has 0 radical (unpaired) electrons. The third kappa shape index (κ3) is 5.49. The van der Waals surface area contributed by atoms with Crippen LogP contribution in [-0.4, -0.2) is 29.1 Å². The molecule has 0 spiro atoms. The lowest BCUT2D eigenvalue weighted by Crippen LogP contribution is -2.23. The summed E-state index contributed by atoms with van der Waals surface area (Å²) in [5.41, 5.74) is 1.70. The number of carboxylic acid groups (broad SMARTS) is 1. The first-order valence-corrected chi connectivity index (χ1v) is 5.62. The molecule has 1 N–H and O–H groups in total. The lowest BCUT2D eigenvalue weighted by Gasteiger charge is -2.15. The van der Waals surface area contributed by atoms with Crippen molar-refractivity contribution < 1.29 is 9.90 Å². The largest absolute Gasteiger partial charge is 0.478 e. The van der Waals surface area contributed by atoms with Gasteiger partial charge in [0, 0.05) is 12.6 Å². The van der Waals surface area contributed by atoms with Gasteiger partial charge in [0.25, 0.3) is 0 Å². The summed E-state index contributed by atoms with van der Waals surface area (Å²) in [6.45, 7) is 0.849. The number of carboxylic acids is 1. The standard InChI is InChI=1S/C14H13N3O2/c15-6-8-17(9-7-16)11-13-3-1-2-12(10-13)4-5-14(18)19/h1-5,10H,8-9,11H2,(H,18,19). The fourth-order valence-corrected chi connectivity index (χ4v) is 1.59. The zero-order valence-electron chi connectivity index (χ0n) is 10.3. The van der Waals surface area contributed by atoms with Gasteiger partial charge in [0.15, 0.2) is 0 Å². The van der Waals surface area contributed by atoms with Crippen molar-refractivity contribution in [3.8, 4) is 12.1 Å². The molecule has 5 nitrogen and oxygen atoms in total. The van der Waals surface area contributed by atoms with Gasteiger partial charge in [0.2, 0.25) is 0 Å². The molecule has 0 bridgehead atoms. The highest BCUT2D eigenvalue weighted by atomic mass is 16.4. The average Bonchev–Trinajstić information content (AvgIpc) is 2.37. The van der Waals surface area contributed by atoms with Gasteiger partial charge in [-0.2, -0.15) is 10.5 Å². The predicted molar refractivity (Wildman–Crippen MR) is 69.6 cm³/mol. The molecule has 5 heteroatoms. The summed E-state index contributed by atoms with van der Waals surface area (Å²) in [5.74, 6) is -0.999. The van der Waals surface area contributed by atoms with Gasteiger partial charge in [0.05, 0.1) is 25.2 Å². The van der Waals surface area contributed by atoms with Crippen LogP contribution in [0.2, 0.25) is 0 Å². The Morgan fingerprint density at radius 2 is 2.00 bits per heavy atom. The molecule has 0 amide bonds. The maximum atomic E-state index is 10.4. The van der Waals surface area contributed by atoms with Crippen molar-refractivity contribution in [2.45, 2.75) is 6.54 Å². The van der Waals surface area contributed by atoms with Crippen molar-refractivity contribution in [1.29, 1.82) is 10.5 Å². The minimum atomic E-state index is -0.999. The van der Waals surface area contributed by atoms with Crippen molar-refractivity contribution in [3.63, 3.8) is 0 Å². The third-order valence-electron chi connectivity index (χ3n) is 2.36. The summed E-state index contributed by atoms with van der Waals surface area (Å²) in [6.07, 6.45) is 2.58. The molecule has 0 heterocycles. The molecule has 0 aromatic heterocycles. The number of aliphatic carboxylic acids is 1. The first-order valence-electron chi connectivity index (χ1n) is 5.62. The number of carbonyl (C=O) groups is 1. The maximum Gasteiger partial charge on any atom is 0.328 e. The van der Waals surface area contributed by atoms with Crippen molar-refractivity contribution >= 4 is 12.0 Å². The number of hydrogen-bond acceptors (Lipinski definition) is 4.